The van der Waals surface area contributed by atoms with Crippen molar-refractivity contribution in [2.75, 3.05) is 6.61 Å². The quantitative estimate of drug-likeness (QED) is 0.567. The Morgan fingerprint density at radius 1 is 1.00 bits per heavy atom. The van der Waals surface area contributed by atoms with Crippen LogP contribution in [0.4, 0.5) is 0 Å². The highest BCUT2D eigenvalue weighted by Gasteiger charge is 2.24. The van der Waals surface area contributed by atoms with E-state index in [0.29, 0.717) is 23.7 Å². The topological polar surface area (TPSA) is 52.6 Å². The largest absolute Gasteiger partial charge is 0.462 e. The van der Waals surface area contributed by atoms with Crippen LogP contribution < -0.4 is 0 Å². The molecule has 1 fully saturated rings. The zero-order valence-electron chi connectivity index (χ0n) is 11.7. The Kier molecular flexibility index (Phi) is 5.80. The van der Waals surface area contributed by atoms with E-state index in [9.17, 15) is 9.59 Å². The summed E-state index contributed by atoms with van der Waals surface area (Å²) in [6, 6.07) is 0. The van der Waals surface area contributed by atoms with Crippen LogP contribution >= 0.6 is 0 Å². The van der Waals surface area contributed by atoms with Crippen LogP contribution in [0.3, 0.4) is 0 Å². The van der Waals surface area contributed by atoms with E-state index in [-0.39, 0.29) is 18.0 Å². The Balaban J connectivity index is 2.25. The molecule has 4 nitrogen and oxygen atoms in total. The summed E-state index contributed by atoms with van der Waals surface area (Å²) in [5, 5.41) is 0. The maximum Gasteiger partial charge on any atom is 0.333 e. The lowest BCUT2D eigenvalue weighted by Gasteiger charge is -2.28. The maximum atomic E-state index is 11.4. The molecule has 0 aromatic rings. The molecule has 0 amide bonds. The fourth-order valence-electron chi connectivity index (χ4n) is 1.99. The van der Waals surface area contributed by atoms with Gasteiger partial charge in [0.15, 0.2) is 0 Å². The third-order valence-electron chi connectivity index (χ3n) is 3.21. The third kappa shape index (κ3) is 5.28. The second-order valence-corrected chi connectivity index (χ2v) is 5.21. The van der Waals surface area contributed by atoms with Gasteiger partial charge in [-0.15, -0.1) is 0 Å². The van der Waals surface area contributed by atoms with E-state index in [1.54, 1.807) is 13.8 Å². The van der Waals surface area contributed by atoms with Gasteiger partial charge in [-0.25, -0.2) is 9.59 Å². The summed E-state index contributed by atoms with van der Waals surface area (Å²) in [6.45, 7) is 10.8. The van der Waals surface area contributed by atoms with Crippen LogP contribution in [-0.4, -0.2) is 24.6 Å². The van der Waals surface area contributed by atoms with Crippen molar-refractivity contribution in [3.05, 3.63) is 24.3 Å². The van der Waals surface area contributed by atoms with Gasteiger partial charge in [0.1, 0.15) is 6.10 Å². The second kappa shape index (κ2) is 7.12. The minimum absolute atomic E-state index is 0.0303. The summed E-state index contributed by atoms with van der Waals surface area (Å²) in [6.07, 6.45) is 3.40. The normalized spacial score (nSPS) is 22.4. The van der Waals surface area contributed by atoms with E-state index >= 15 is 0 Å². The molecular formula is C15H22O4. The van der Waals surface area contributed by atoms with Crippen molar-refractivity contribution in [1.29, 1.82) is 0 Å². The lowest BCUT2D eigenvalue weighted by molar-refractivity contribution is -0.146. The van der Waals surface area contributed by atoms with Crippen LogP contribution in [0.25, 0.3) is 0 Å². The Morgan fingerprint density at radius 3 is 2.00 bits per heavy atom. The van der Waals surface area contributed by atoms with Crippen LogP contribution in [0.1, 0.15) is 39.5 Å². The predicted molar refractivity (Wildman–Crippen MR) is 72.4 cm³/mol. The van der Waals surface area contributed by atoms with Gasteiger partial charge in [0.25, 0.3) is 0 Å². The number of esters is 2. The first-order valence-corrected chi connectivity index (χ1v) is 6.59. The van der Waals surface area contributed by atoms with Crippen molar-refractivity contribution in [1.82, 2.24) is 0 Å². The highest BCUT2D eigenvalue weighted by molar-refractivity contribution is 5.87. The molecule has 106 valence electrons. The van der Waals surface area contributed by atoms with E-state index in [1.165, 1.54) is 0 Å². The van der Waals surface area contributed by atoms with Gasteiger partial charge in [0, 0.05) is 11.1 Å². The molecule has 0 aromatic carbocycles. The standard InChI is InChI=1S/C15H22O4/c1-10(2)14(16)18-9-12-5-7-13(8-6-12)19-15(17)11(3)4/h12-13H,1,3,5-9H2,2,4H3. The Morgan fingerprint density at radius 2 is 1.53 bits per heavy atom. The molecule has 0 spiro atoms. The van der Waals surface area contributed by atoms with Gasteiger partial charge in [-0.05, 0) is 45.4 Å². The van der Waals surface area contributed by atoms with Crippen molar-refractivity contribution >= 4 is 11.9 Å². The van der Waals surface area contributed by atoms with E-state index in [4.69, 9.17) is 9.47 Å². The number of hydrogen-bond donors (Lipinski definition) is 0. The fraction of sp³-hybridized carbons (Fsp3) is 0.600. The highest BCUT2D eigenvalue weighted by Crippen LogP contribution is 2.27. The van der Waals surface area contributed by atoms with Gasteiger partial charge in [-0.2, -0.15) is 0 Å². The van der Waals surface area contributed by atoms with Gasteiger partial charge >= 0.3 is 11.9 Å². The van der Waals surface area contributed by atoms with E-state index < -0.39 is 0 Å². The van der Waals surface area contributed by atoms with Crippen LogP contribution in [-0.2, 0) is 19.1 Å². The summed E-state index contributed by atoms with van der Waals surface area (Å²) < 4.78 is 10.4. The number of hydrogen-bond acceptors (Lipinski definition) is 4. The van der Waals surface area contributed by atoms with Crippen LogP contribution in [0.2, 0.25) is 0 Å². The van der Waals surface area contributed by atoms with E-state index in [2.05, 4.69) is 13.2 Å². The van der Waals surface area contributed by atoms with Gasteiger partial charge in [0.05, 0.1) is 6.61 Å². The molecule has 0 atom stereocenters. The van der Waals surface area contributed by atoms with Crippen LogP contribution in [0.5, 0.6) is 0 Å². The lowest BCUT2D eigenvalue weighted by Crippen LogP contribution is -2.27. The summed E-state index contributed by atoms with van der Waals surface area (Å²) in [5.41, 5.74) is 0.849. The SMILES string of the molecule is C=C(C)C(=O)OCC1CCC(OC(=O)C(=C)C)CC1. The molecule has 0 saturated heterocycles. The molecule has 0 bridgehead atoms. The maximum absolute atomic E-state index is 11.4. The molecule has 0 aromatic heterocycles. The minimum Gasteiger partial charge on any atom is -0.462 e. The molecule has 0 aliphatic heterocycles. The molecule has 1 rings (SSSR count). The molecule has 19 heavy (non-hydrogen) atoms. The first kappa shape index (κ1) is 15.5. The molecule has 0 unspecified atom stereocenters. The summed E-state index contributed by atoms with van der Waals surface area (Å²) in [4.78, 5) is 22.7. The molecule has 4 heteroatoms. The number of rotatable bonds is 5. The molecule has 0 radical (unpaired) electrons. The second-order valence-electron chi connectivity index (χ2n) is 5.21. The molecule has 0 heterocycles. The summed E-state index contributed by atoms with van der Waals surface area (Å²) in [7, 11) is 0. The lowest BCUT2D eigenvalue weighted by atomic mass is 9.88. The smallest absolute Gasteiger partial charge is 0.333 e. The summed E-state index contributed by atoms with van der Waals surface area (Å²) >= 11 is 0. The van der Waals surface area contributed by atoms with E-state index in [1.807, 2.05) is 0 Å². The summed E-state index contributed by atoms with van der Waals surface area (Å²) in [5.74, 6) is -0.309. The minimum atomic E-state index is -0.337. The average Bonchev–Trinajstić information content (AvgIpc) is 2.37. The molecule has 1 aliphatic carbocycles. The fourth-order valence-corrected chi connectivity index (χ4v) is 1.99. The van der Waals surface area contributed by atoms with E-state index in [0.717, 1.165) is 25.7 Å². The van der Waals surface area contributed by atoms with Gasteiger partial charge in [-0.1, -0.05) is 13.2 Å². The first-order chi connectivity index (χ1) is 8.90. The first-order valence-electron chi connectivity index (χ1n) is 6.59. The van der Waals surface area contributed by atoms with Crippen molar-refractivity contribution < 1.29 is 19.1 Å². The van der Waals surface area contributed by atoms with Crippen molar-refractivity contribution in [3.63, 3.8) is 0 Å². The number of ether oxygens (including phenoxy) is 2. The van der Waals surface area contributed by atoms with Crippen molar-refractivity contribution in [2.24, 2.45) is 5.92 Å². The third-order valence-corrected chi connectivity index (χ3v) is 3.21. The van der Waals surface area contributed by atoms with Crippen LogP contribution in [0, 0.1) is 5.92 Å². The molecule has 1 saturated carbocycles. The average molecular weight is 266 g/mol. The van der Waals surface area contributed by atoms with Gasteiger partial charge < -0.3 is 9.47 Å². The number of carbonyl (C=O) groups is 2. The predicted octanol–water partition coefficient (Wildman–Crippen LogP) is 2.78. The Hall–Kier alpha value is -1.58. The Bertz CT molecular complexity index is 376. The zero-order chi connectivity index (χ0) is 14.4. The van der Waals surface area contributed by atoms with Crippen molar-refractivity contribution in [3.8, 4) is 0 Å². The Labute approximate surface area is 114 Å². The monoisotopic (exact) mass is 266 g/mol. The van der Waals surface area contributed by atoms with Gasteiger partial charge in [0.2, 0.25) is 0 Å². The highest BCUT2D eigenvalue weighted by atomic mass is 16.5. The molecule has 0 N–H and O–H groups in total. The van der Waals surface area contributed by atoms with Crippen molar-refractivity contribution in [2.45, 2.75) is 45.6 Å². The van der Waals surface area contributed by atoms with Crippen LogP contribution in [0.15, 0.2) is 24.3 Å². The molecular weight excluding hydrogens is 244 g/mol. The number of carbonyl (C=O) groups excluding carboxylic acids is 2. The van der Waals surface area contributed by atoms with Gasteiger partial charge in [-0.3, -0.25) is 0 Å². The molecule has 1 aliphatic rings. The zero-order valence-corrected chi connectivity index (χ0v) is 11.7.